The zero-order valence-corrected chi connectivity index (χ0v) is 11.8. The minimum atomic E-state index is -0.618. The molecular formula is C15H18N2O4. The van der Waals surface area contributed by atoms with E-state index in [1.165, 1.54) is 0 Å². The maximum absolute atomic E-state index is 11.9. The molecule has 1 unspecified atom stereocenters. The van der Waals surface area contributed by atoms with Crippen LogP contribution in [0, 0.1) is 0 Å². The summed E-state index contributed by atoms with van der Waals surface area (Å²) in [5.74, 6) is -0.196. The van der Waals surface area contributed by atoms with Crippen LogP contribution < -0.4 is 15.4 Å². The van der Waals surface area contributed by atoms with Gasteiger partial charge in [0.15, 0.2) is 0 Å². The average Bonchev–Trinajstić information content (AvgIpc) is 2.48. The number of ether oxygens (including phenoxy) is 1. The average molecular weight is 290 g/mol. The largest absolute Gasteiger partial charge is 0.496 e. The highest BCUT2D eigenvalue weighted by atomic mass is 16.5. The van der Waals surface area contributed by atoms with Crippen molar-refractivity contribution in [2.45, 2.75) is 31.7 Å². The number of piperidine rings is 1. The van der Waals surface area contributed by atoms with Crippen LogP contribution in [0.2, 0.25) is 0 Å². The topological polar surface area (TPSA) is 84.5 Å². The number of aryl methyl sites for hydroxylation is 1. The van der Waals surface area contributed by atoms with Crippen LogP contribution in [0.5, 0.6) is 5.75 Å². The molecule has 112 valence electrons. The maximum Gasteiger partial charge on any atom is 0.249 e. The molecular weight excluding hydrogens is 272 g/mol. The predicted molar refractivity (Wildman–Crippen MR) is 75.6 cm³/mol. The van der Waals surface area contributed by atoms with Crippen LogP contribution in [0.1, 0.15) is 24.8 Å². The van der Waals surface area contributed by atoms with Crippen LogP contribution in [-0.4, -0.2) is 30.9 Å². The van der Waals surface area contributed by atoms with Crippen LogP contribution in [-0.2, 0) is 20.8 Å². The highest BCUT2D eigenvalue weighted by molar-refractivity contribution is 6.01. The first-order chi connectivity index (χ1) is 10.1. The Balaban J connectivity index is 1.85. The molecule has 6 heteroatoms. The van der Waals surface area contributed by atoms with Crippen molar-refractivity contribution in [3.05, 3.63) is 29.8 Å². The summed E-state index contributed by atoms with van der Waals surface area (Å²) in [4.78, 5) is 34.5. The van der Waals surface area contributed by atoms with Crippen LogP contribution in [0.15, 0.2) is 24.3 Å². The molecule has 1 fully saturated rings. The number of methoxy groups -OCH3 is 1. The molecule has 1 aromatic rings. The van der Waals surface area contributed by atoms with Gasteiger partial charge >= 0.3 is 0 Å². The van der Waals surface area contributed by atoms with Gasteiger partial charge in [-0.15, -0.1) is 0 Å². The van der Waals surface area contributed by atoms with Gasteiger partial charge in [0.2, 0.25) is 17.7 Å². The van der Waals surface area contributed by atoms with E-state index >= 15 is 0 Å². The van der Waals surface area contributed by atoms with Gasteiger partial charge in [0, 0.05) is 12.8 Å². The third kappa shape index (κ3) is 4.05. The molecule has 0 spiro atoms. The molecule has 1 aromatic carbocycles. The van der Waals surface area contributed by atoms with E-state index in [9.17, 15) is 14.4 Å². The summed E-state index contributed by atoms with van der Waals surface area (Å²) in [6.45, 7) is 0. The van der Waals surface area contributed by atoms with Gasteiger partial charge in [0.25, 0.3) is 0 Å². The number of nitrogens with one attached hydrogen (secondary N) is 2. The zero-order chi connectivity index (χ0) is 15.2. The van der Waals surface area contributed by atoms with Gasteiger partial charge in [-0.25, -0.2) is 0 Å². The van der Waals surface area contributed by atoms with Crippen molar-refractivity contribution in [3.8, 4) is 5.75 Å². The molecule has 1 heterocycles. The number of rotatable bonds is 5. The summed E-state index contributed by atoms with van der Waals surface area (Å²) in [7, 11) is 1.59. The minimum Gasteiger partial charge on any atom is -0.496 e. The maximum atomic E-state index is 11.9. The third-order valence-corrected chi connectivity index (χ3v) is 3.39. The number of para-hydroxylation sites is 1. The third-order valence-electron chi connectivity index (χ3n) is 3.39. The lowest BCUT2D eigenvalue weighted by Gasteiger charge is -2.21. The van der Waals surface area contributed by atoms with Gasteiger partial charge < -0.3 is 10.1 Å². The Morgan fingerprint density at radius 2 is 2.14 bits per heavy atom. The fraction of sp³-hybridized carbons (Fsp3) is 0.400. The number of carbonyl (C=O) groups excluding carboxylic acids is 3. The molecule has 6 nitrogen and oxygen atoms in total. The van der Waals surface area contributed by atoms with Gasteiger partial charge in [-0.05, 0) is 24.5 Å². The van der Waals surface area contributed by atoms with Crippen LogP contribution in [0.25, 0.3) is 0 Å². The van der Waals surface area contributed by atoms with E-state index in [1.54, 1.807) is 7.11 Å². The molecule has 3 amide bonds. The van der Waals surface area contributed by atoms with E-state index in [0.29, 0.717) is 12.8 Å². The summed E-state index contributed by atoms with van der Waals surface area (Å²) < 4.78 is 5.22. The molecule has 1 aliphatic rings. The molecule has 1 aliphatic heterocycles. The Morgan fingerprint density at radius 3 is 2.86 bits per heavy atom. The number of benzene rings is 1. The summed E-state index contributed by atoms with van der Waals surface area (Å²) in [5.41, 5.74) is 0.943. The summed E-state index contributed by atoms with van der Waals surface area (Å²) in [6, 6.07) is 6.88. The van der Waals surface area contributed by atoms with E-state index in [-0.39, 0.29) is 24.7 Å². The standard InChI is InChI=1S/C15H18N2O4/c1-21-12-5-3-2-4-10(12)6-8-13(18)16-11-7-9-14(19)17-15(11)20/h2-5,11H,6-9H2,1H3,(H,16,18)(H,17,19,20). The summed E-state index contributed by atoms with van der Waals surface area (Å²) >= 11 is 0. The van der Waals surface area contributed by atoms with Crippen molar-refractivity contribution in [1.82, 2.24) is 10.6 Å². The van der Waals surface area contributed by atoms with Crippen LogP contribution in [0.3, 0.4) is 0 Å². The number of hydrogen-bond acceptors (Lipinski definition) is 4. The van der Waals surface area contributed by atoms with Gasteiger partial charge in [0.1, 0.15) is 11.8 Å². The molecule has 0 aromatic heterocycles. The lowest BCUT2D eigenvalue weighted by molar-refractivity contribution is -0.137. The summed E-state index contributed by atoms with van der Waals surface area (Å²) in [6.07, 6.45) is 1.40. The van der Waals surface area contributed by atoms with E-state index in [1.807, 2.05) is 24.3 Å². The molecule has 2 N–H and O–H groups in total. The Hall–Kier alpha value is -2.37. The fourth-order valence-corrected chi connectivity index (χ4v) is 2.26. The highest BCUT2D eigenvalue weighted by Gasteiger charge is 2.27. The Bertz CT molecular complexity index is 556. The van der Waals surface area contributed by atoms with Crippen molar-refractivity contribution in [1.29, 1.82) is 0 Å². The van der Waals surface area contributed by atoms with Gasteiger partial charge in [-0.3, -0.25) is 19.7 Å². The van der Waals surface area contributed by atoms with Gasteiger partial charge in [-0.2, -0.15) is 0 Å². The van der Waals surface area contributed by atoms with Gasteiger partial charge in [0.05, 0.1) is 7.11 Å². The zero-order valence-electron chi connectivity index (χ0n) is 11.8. The molecule has 0 radical (unpaired) electrons. The van der Waals surface area contributed by atoms with Crippen molar-refractivity contribution in [2.75, 3.05) is 7.11 Å². The molecule has 0 saturated carbocycles. The monoisotopic (exact) mass is 290 g/mol. The lowest BCUT2D eigenvalue weighted by atomic mass is 10.0. The fourth-order valence-electron chi connectivity index (χ4n) is 2.26. The molecule has 1 atom stereocenters. The smallest absolute Gasteiger partial charge is 0.249 e. The number of carbonyl (C=O) groups is 3. The Morgan fingerprint density at radius 1 is 1.38 bits per heavy atom. The van der Waals surface area contributed by atoms with Crippen molar-refractivity contribution in [2.24, 2.45) is 0 Å². The minimum absolute atomic E-state index is 0.213. The van der Waals surface area contributed by atoms with E-state index < -0.39 is 11.9 Å². The first-order valence-electron chi connectivity index (χ1n) is 6.85. The molecule has 1 saturated heterocycles. The predicted octanol–water partition coefficient (Wildman–Crippen LogP) is 0.549. The molecule has 0 bridgehead atoms. The highest BCUT2D eigenvalue weighted by Crippen LogP contribution is 2.18. The molecule has 0 aliphatic carbocycles. The van der Waals surface area contributed by atoms with Crippen molar-refractivity contribution in [3.63, 3.8) is 0 Å². The van der Waals surface area contributed by atoms with Crippen molar-refractivity contribution < 1.29 is 19.1 Å². The first kappa shape index (κ1) is 15.0. The van der Waals surface area contributed by atoms with E-state index in [4.69, 9.17) is 4.74 Å². The number of hydrogen-bond donors (Lipinski definition) is 2. The van der Waals surface area contributed by atoms with E-state index in [2.05, 4.69) is 10.6 Å². The Labute approximate surface area is 122 Å². The first-order valence-corrected chi connectivity index (χ1v) is 6.85. The lowest BCUT2D eigenvalue weighted by Crippen LogP contribution is -2.52. The SMILES string of the molecule is COc1ccccc1CCC(=O)NC1CCC(=O)NC1=O. The second-order valence-corrected chi connectivity index (χ2v) is 4.88. The second kappa shape index (κ2) is 6.88. The summed E-state index contributed by atoms with van der Waals surface area (Å²) in [5, 5.41) is 4.87. The molecule has 2 rings (SSSR count). The quantitative estimate of drug-likeness (QED) is 0.776. The van der Waals surface area contributed by atoms with Gasteiger partial charge in [-0.1, -0.05) is 18.2 Å². The normalized spacial score (nSPS) is 18.0. The number of amides is 3. The van der Waals surface area contributed by atoms with E-state index in [0.717, 1.165) is 11.3 Å². The Kier molecular flexibility index (Phi) is 4.92. The van der Waals surface area contributed by atoms with Crippen LogP contribution >= 0.6 is 0 Å². The molecule has 21 heavy (non-hydrogen) atoms. The number of imide groups is 1. The van der Waals surface area contributed by atoms with Crippen molar-refractivity contribution >= 4 is 17.7 Å². The van der Waals surface area contributed by atoms with Crippen LogP contribution in [0.4, 0.5) is 0 Å². The second-order valence-electron chi connectivity index (χ2n) is 4.88.